The molecule has 29 heavy (non-hydrogen) atoms. The number of furan rings is 1. The Bertz CT molecular complexity index is 1200. The van der Waals surface area contributed by atoms with Gasteiger partial charge in [0.25, 0.3) is 16.1 Å². The predicted molar refractivity (Wildman–Crippen MR) is 108 cm³/mol. The number of nitrogens with one attached hydrogen (secondary N) is 1. The van der Waals surface area contributed by atoms with Gasteiger partial charge in [-0.2, -0.15) is 8.42 Å². The summed E-state index contributed by atoms with van der Waals surface area (Å²) in [4.78, 5) is 12.6. The zero-order chi connectivity index (χ0) is 20.8. The molecule has 0 saturated heterocycles. The lowest BCUT2D eigenvalue weighted by atomic mass is 10.0. The molecule has 3 aromatic rings. The molecular formula is C20H20FN3O4S. The zero-order valence-corrected chi connectivity index (χ0v) is 16.6. The van der Waals surface area contributed by atoms with Crippen LogP contribution in [0.3, 0.4) is 0 Å². The molecule has 0 fully saturated rings. The van der Waals surface area contributed by atoms with Gasteiger partial charge in [0, 0.05) is 30.6 Å². The van der Waals surface area contributed by atoms with Crippen molar-refractivity contribution in [2.75, 3.05) is 17.9 Å². The van der Waals surface area contributed by atoms with Crippen molar-refractivity contribution in [1.29, 1.82) is 0 Å². The van der Waals surface area contributed by atoms with Crippen LogP contribution in [0, 0.1) is 5.82 Å². The van der Waals surface area contributed by atoms with E-state index >= 15 is 0 Å². The van der Waals surface area contributed by atoms with Crippen LogP contribution in [0.25, 0.3) is 22.3 Å². The summed E-state index contributed by atoms with van der Waals surface area (Å²) in [6.07, 6.45) is 2.12. The van der Waals surface area contributed by atoms with Crippen LogP contribution in [0.5, 0.6) is 0 Å². The van der Waals surface area contributed by atoms with E-state index in [1.54, 1.807) is 12.1 Å². The molecule has 0 radical (unpaired) electrons. The van der Waals surface area contributed by atoms with E-state index in [0.29, 0.717) is 46.4 Å². The number of hydrogen-bond donors (Lipinski definition) is 2. The second kappa shape index (κ2) is 7.16. The summed E-state index contributed by atoms with van der Waals surface area (Å²) in [6.45, 7) is 0.283. The van der Waals surface area contributed by atoms with Gasteiger partial charge in [-0.15, -0.1) is 0 Å². The maximum atomic E-state index is 13.3. The number of rotatable bonds is 3. The maximum Gasteiger partial charge on any atom is 0.299 e. The van der Waals surface area contributed by atoms with Crippen LogP contribution < -0.4 is 14.8 Å². The number of aryl methyl sites for hydroxylation is 1. The Morgan fingerprint density at radius 2 is 1.93 bits per heavy atom. The van der Waals surface area contributed by atoms with Gasteiger partial charge in [0.15, 0.2) is 0 Å². The molecule has 152 valence electrons. The molecule has 1 aromatic heterocycles. The number of anilines is 1. The van der Waals surface area contributed by atoms with E-state index in [4.69, 9.17) is 9.56 Å². The fourth-order valence-electron chi connectivity index (χ4n) is 3.72. The summed E-state index contributed by atoms with van der Waals surface area (Å²) >= 11 is 0. The fraction of sp³-hybridized carbons (Fsp3) is 0.250. The Hall–Kier alpha value is -2.91. The number of nitrogens with zero attached hydrogens (tertiary/aromatic N) is 1. The van der Waals surface area contributed by atoms with Gasteiger partial charge < -0.3 is 9.73 Å². The average Bonchev–Trinajstić information content (AvgIpc) is 2.90. The van der Waals surface area contributed by atoms with Gasteiger partial charge in [-0.25, -0.2) is 9.53 Å². The molecule has 3 N–H and O–H groups in total. The lowest BCUT2D eigenvalue weighted by molar-refractivity contribution is 0.0964. The minimum absolute atomic E-state index is 0.283. The van der Waals surface area contributed by atoms with Crippen LogP contribution in [0.15, 0.2) is 40.8 Å². The topological polar surface area (TPSA) is 106 Å². The first-order valence-electron chi connectivity index (χ1n) is 9.17. The predicted octanol–water partition coefficient (Wildman–Crippen LogP) is 2.94. The quantitative estimate of drug-likeness (QED) is 0.683. The standard InChI is InChI=1S/C20H20FN3O4S/c1-23-20(25)18-15-10-13-4-2-3-9-24(29(22,26)27)16(13)11-17(15)28-19(18)12-5-7-14(21)8-6-12/h5-8,10-11H,2-4,9H2,1H3,(H,23,25)(H2,22,26,27). The highest BCUT2D eigenvalue weighted by atomic mass is 32.2. The minimum Gasteiger partial charge on any atom is -0.455 e. The Morgan fingerprint density at radius 1 is 1.21 bits per heavy atom. The Kier molecular flexibility index (Phi) is 4.79. The SMILES string of the molecule is CNC(=O)c1c(-c2ccc(F)cc2)oc2cc3c(cc12)CCCCN3S(N)(=O)=O. The summed E-state index contributed by atoms with van der Waals surface area (Å²) in [5.41, 5.74) is 2.46. The molecule has 0 aliphatic carbocycles. The molecule has 4 rings (SSSR count). The molecule has 0 spiro atoms. The van der Waals surface area contributed by atoms with E-state index < -0.39 is 16.0 Å². The Labute approximate surface area is 167 Å². The number of nitrogens with two attached hydrogens (primary N) is 1. The third kappa shape index (κ3) is 3.47. The van der Waals surface area contributed by atoms with E-state index in [1.807, 2.05) is 0 Å². The second-order valence-corrected chi connectivity index (χ2v) is 8.41. The van der Waals surface area contributed by atoms with Crippen LogP contribution in [-0.4, -0.2) is 27.9 Å². The monoisotopic (exact) mass is 417 g/mol. The molecule has 2 heterocycles. The summed E-state index contributed by atoms with van der Waals surface area (Å²) in [5, 5.41) is 8.59. The summed E-state index contributed by atoms with van der Waals surface area (Å²) in [6, 6.07) is 9.03. The van der Waals surface area contributed by atoms with Gasteiger partial charge in [0.05, 0.1) is 11.3 Å². The van der Waals surface area contributed by atoms with E-state index in [0.717, 1.165) is 12.0 Å². The zero-order valence-electron chi connectivity index (χ0n) is 15.7. The molecule has 1 amide bonds. The van der Waals surface area contributed by atoms with Crippen molar-refractivity contribution >= 4 is 32.8 Å². The van der Waals surface area contributed by atoms with Crippen molar-refractivity contribution in [2.24, 2.45) is 5.14 Å². The van der Waals surface area contributed by atoms with E-state index in [1.165, 1.54) is 35.6 Å². The van der Waals surface area contributed by atoms with Gasteiger partial charge in [0.2, 0.25) is 0 Å². The number of carbonyl (C=O) groups excluding carboxylic acids is 1. The van der Waals surface area contributed by atoms with Gasteiger partial charge in [-0.1, -0.05) is 0 Å². The van der Waals surface area contributed by atoms with Gasteiger partial charge >= 0.3 is 0 Å². The van der Waals surface area contributed by atoms with Crippen molar-refractivity contribution in [3.8, 4) is 11.3 Å². The molecule has 1 aliphatic rings. The molecule has 9 heteroatoms. The third-order valence-electron chi connectivity index (χ3n) is 5.08. The van der Waals surface area contributed by atoms with Crippen molar-refractivity contribution in [2.45, 2.75) is 19.3 Å². The first kappa shape index (κ1) is 19.4. The number of benzene rings is 2. The average molecular weight is 417 g/mol. The minimum atomic E-state index is -3.94. The smallest absolute Gasteiger partial charge is 0.299 e. The van der Waals surface area contributed by atoms with E-state index in [-0.39, 0.29) is 12.5 Å². The maximum absolute atomic E-state index is 13.3. The molecular weight excluding hydrogens is 397 g/mol. The van der Waals surface area contributed by atoms with Gasteiger partial charge in [-0.3, -0.25) is 9.10 Å². The van der Waals surface area contributed by atoms with Crippen LogP contribution in [0.4, 0.5) is 10.1 Å². The van der Waals surface area contributed by atoms with Crippen molar-refractivity contribution in [3.05, 3.63) is 53.3 Å². The molecule has 2 aromatic carbocycles. The van der Waals surface area contributed by atoms with Crippen molar-refractivity contribution < 1.29 is 22.0 Å². The Balaban J connectivity index is 1.99. The molecule has 0 saturated carbocycles. The highest BCUT2D eigenvalue weighted by Gasteiger charge is 2.28. The molecule has 7 nitrogen and oxygen atoms in total. The molecule has 0 unspecified atom stereocenters. The van der Waals surface area contributed by atoms with Crippen molar-refractivity contribution in [3.63, 3.8) is 0 Å². The summed E-state index contributed by atoms with van der Waals surface area (Å²) in [5.74, 6) is -0.455. The van der Waals surface area contributed by atoms with E-state index in [2.05, 4.69) is 5.32 Å². The highest BCUT2D eigenvalue weighted by Crippen LogP contribution is 2.39. The fourth-order valence-corrected chi connectivity index (χ4v) is 4.55. The lowest BCUT2D eigenvalue weighted by Crippen LogP contribution is -2.37. The Morgan fingerprint density at radius 3 is 2.59 bits per heavy atom. The van der Waals surface area contributed by atoms with Crippen LogP contribution in [-0.2, 0) is 16.6 Å². The molecule has 1 aliphatic heterocycles. The lowest BCUT2D eigenvalue weighted by Gasteiger charge is -2.21. The first-order chi connectivity index (χ1) is 13.8. The molecule has 0 bridgehead atoms. The van der Waals surface area contributed by atoms with Crippen LogP contribution in [0.2, 0.25) is 0 Å². The number of carbonyl (C=O) groups is 1. The van der Waals surface area contributed by atoms with E-state index in [9.17, 15) is 17.6 Å². The largest absolute Gasteiger partial charge is 0.455 e. The van der Waals surface area contributed by atoms with Gasteiger partial charge in [-0.05, 0) is 55.2 Å². The molecule has 0 atom stereocenters. The van der Waals surface area contributed by atoms with Gasteiger partial charge in [0.1, 0.15) is 17.2 Å². The number of amides is 1. The van der Waals surface area contributed by atoms with Crippen LogP contribution in [0.1, 0.15) is 28.8 Å². The summed E-state index contributed by atoms with van der Waals surface area (Å²) < 4.78 is 44.7. The normalized spacial score (nSPS) is 14.5. The van der Waals surface area contributed by atoms with Crippen LogP contribution >= 0.6 is 0 Å². The number of fused-ring (bicyclic) bond motifs is 2. The first-order valence-corrected chi connectivity index (χ1v) is 10.7. The second-order valence-electron chi connectivity index (χ2n) is 6.94. The third-order valence-corrected chi connectivity index (χ3v) is 6.08. The number of halogens is 1. The number of hydrogen-bond acceptors (Lipinski definition) is 4. The summed E-state index contributed by atoms with van der Waals surface area (Å²) in [7, 11) is -2.43. The van der Waals surface area contributed by atoms with Crippen molar-refractivity contribution in [1.82, 2.24) is 5.32 Å². The highest BCUT2D eigenvalue weighted by molar-refractivity contribution is 7.90.